The van der Waals surface area contributed by atoms with Crippen LogP contribution in [0.25, 0.3) is 50.4 Å². The van der Waals surface area contributed by atoms with E-state index in [1.54, 1.807) is 36.7 Å². The minimum Gasteiger partial charge on any atom is -0.496 e. The number of rotatable bonds is 4. The Morgan fingerprint density at radius 2 is 1.63 bits per heavy atom. The Labute approximate surface area is 201 Å². The summed E-state index contributed by atoms with van der Waals surface area (Å²) < 4.78 is 13.0. The first-order valence-electron chi connectivity index (χ1n) is 11.3. The van der Waals surface area contributed by atoms with Crippen molar-refractivity contribution in [2.24, 2.45) is 21.1 Å². The molecule has 0 aliphatic rings. The quantitative estimate of drug-likeness (QED) is 0.390. The van der Waals surface area contributed by atoms with Crippen LogP contribution in [0.2, 0.25) is 0 Å². The van der Waals surface area contributed by atoms with Gasteiger partial charge in [-0.15, -0.1) is 0 Å². The fraction of sp³-hybridized carbons (Fsp3) is 0.148. The first kappa shape index (κ1) is 21.0. The highest BCUT2D eigenvalue weighted by Gasteiger charge is 2.19. The molecule has 0 spiro atoms. The number of imidazole rings is 3. The molecule has 0 saturated heterocycles. The van der Waals surface area contributed by atoms with E-state index < -0.39 is 0 Å². The van der Waals surface area contributed by atoms with Gasteiger partial charge in [-0.2, -0.15) is 0 Å². The second kappa shape index (κ2) is 7.73. The maximum absolute atomic E-state index is 12.5. The molecule has 3 aromatic carbocycles. The molecule has 8 heteroatoms. The summed E-state index contributed by atoms with van der Waals surface area (Å²) in [5, 5.41) is 0. The van der Waals surface area contributed by atoms with Gasteiger partial charge in [-0.1, -0.05) is 24.3 Å². The van der Waals surface area contributed by atoms with Crippen LogP contribution in [0.3, 0.4) is 0 Å². The van der Waals surface area contributed by atoms with Crippen molar-refractivity contribution in [3.63, 3.8) is 0 Å². The van der Waals surface area contributed by atoms with E-state index in [0.717, 1.165) is 56.1 Å². The highest BCUT2D eigenvalue weighted by atomic mass is 16.5. The third kappa shape index (κ3) is 3.10. The summed E-state index contributed by atoms with van der Waals surface area (Å²) in [4.78, 5) is 21.9. The van der Waals surface area contributed by atoms with E-state index >= 15 is 0 Å². The summed E-state index contributed by atoms with van der Waals surface area (Å²) in [5.41, 5.74) is 7.34. The molecule has 0 saturated carbocycles. The highest BCUT2D eigenvalue weighted by Crippen LogP contribution is 2.35. The number of methoxy groups -OCH3 is 1. The zero-order chi connectivity index (χ0) is 24.3. The first-order valence-corrected chi connectivity index (χ1v) is 11.3. The standard InChI is InChI=1S/C27H24N6O2/c1-30-16-28-15-24(30)26-29-20-13-17(19-7-5-6-8-25(19)35-4)9-11-21(20)33(26)18-10-12-22-23(14-18)32(3)27(34)31(22)2/h5-16H,1-4H3. The normalized spacial score (nSPS) is 11.5. The summed E-state index contributed by atoms with van der Waals surface area (Å²) in [6.45, 7) is 0. The van der Waals surface area contributed by atoms with E-state index in [9.17, 15) is 4.79 Å². The van der Waals surface area contributed by atoms with Crippen LogP contribution >= 0.6 is 0 Å². The van der Waals surface area contributed by atoms with Gasteiger partial charge >= 0.3 is 5.69 Å². The van der Waals surface area contributed by atoms with Crippen LogP contribution < -0.4 is 10.4 Å². The summed E-state index contributed by atoms with van der Waals surface area (Å²) in [7, 11) is 7.22. The Bertz CT molecular complexity index is 1800. The molecule has 0 aliphatic heterocycles. The molecule has 174 valence electrons. The van der Waals surface area contributed by atoms with Crippen LogP contribution in [0.4, 0.5) is 0 Å². The largest absolute Gasteiger partial charge is 0.496 e. The lowest BCUT2D eigenvalue weighted by Crippen LogP contribution is -2.19. The number of aryl methyl sites for hydroxylation is 3. The molecule has 0 atom stereocenters. The minimum absolute atomic E-state index is 0.0547. The third-order valence-corrected chi connectivity index (χ3v) is 6.63. The van der Waals surface area contributed by atoms with Crippen LogP contribution in [0.15, 0.2) is 78.0 Å². The first-order chi connectivity index (χ1) is 17.0. The fourth-order valence-electron chi connectivity index (χ4n) is 4.77. The number of hydrogen-bond donors (Lipinski definition) is 0. The van der Waals surface area contributed by atoms with E-state index in [-0.39, 0.29) is 5.69 Å². The number of hydrogen-bond acceptors (Lipinski definition) is 4. The summed E-state index contributed by atoms with van der Waals surface area (Å²) in [5.74, 6) is 1.59. The van der Waals surface area contributed by atoms with E-state index in [1.807, 2.05) is 60.3 Å². The molecule has 6 rings (SSSR count). The van der Waals surface area contributed by atoms with Crippen molar-refractivity contribution in [2.45, 2.75) is 0 Å². The molecule has 0 radical (unpaired) electrons. The SMILES string of the molecule is COc1ccccc1-c1ccc2c(c1)nc(-c1cncn1C)n2-c1ccc2c(c1)n(C)c(=O)n2C. The van der Waals surface area contributed by atoms with Gasteiger partial charge in [0.25, 0.3) is 0 Å². The number of aromatic nitrogens is 6. The van der Waals surface area contributed by atoms with E-state index in [0.29, 0.717) is 0 Å². The van der Waals surface area contributed by atoms with Gasteiger partial charge in [-0.25, -0.2) is 14.8 Å². The van der Waals surface area contributed by atoms with Crippen LogP contribution in [0, 0.1) is 0 Å². The van der Waals surface area contributed by atoms with Crippen LogP contribution in [-0.2, 0) is 21.1 Å². The molecule has 3 aromatic heterocycles. The second-order valence-electron chi connectivity index (χ2n) is 8.64. The molecule has 0 bridgehead atoms. The molecular formula is C27H24N6O2. The molecule has 0 amide bonds. The maximum atomic E-state index is 12.5. The summed E-state index contributed by atoms with van der Waals surface area (Å²) in [6.07, 6.45) is 3.58. The Hall–Kier alpha value is -4.59. The molecule has 0 fully saturated rings. The predicted molar refractivity (Wildman–Crippen MR) is 137 cm³/mol. The van der Waals surface area contributed by atoms with Gasteiger partial charge in [-0.3, -0.25) is 13.7 Å². The third-order valence-electron chi connectivity index (χ3n) is 6.63. The van der Waals surface area contributed by atoms with Crippen LogP contribution in [0.5, 0.6) is 5.75 Å². The topological polar surface area (TPSA) is 71.8 Å². The summed E-state index contributed by atoms with van der Waals surface area (Å²) in [6, 6.07) is 20.3. The molecule has 8 nitrogen and oxygen atoms in total. The van der Waals surface area contributed by atoms with E-state index in [2.05, 4.69) is 27.8 Å². The number of benzene rings is 3. The van der Waals surface area contributed by atoms with Crippen LogP contribution in [0.1, 0.15) is 0 Å². The Kier molecular flexibility index (Phi) is 4.63. The van der Waals surface area contributed by atoms with Crippen molar-refractivity contribution in [2.75, 3.05) is 7.11 Å². The molecule has 0 aliphatic carbocycles. The highest BCUT2D eigenvalue weighted by molar-refractivity contribution is 5.89. The smallest absolute Gasteiger partial charge is 0.328 e. The fourth-order valence-corrected chi connectivity index (χ4v) is 4.77. The van der Waals surface area contributed by atoms with E-state index in [4.69, 9.17) is 9.72 Å². The van der Waals surface area contributed by atoms with Crippen LogP contribution in [-0.4, -0.2) is 35.3 Å². The van der Waals surface area contributed by atoms with Crippen molar-refractivity contribution in [3.05, 3.63) is 83.7 Å². The minimum atomic E-state index is -0.0547. The molecular weight excluding hydrogens is 440 g/mol. The lowest BCUT2D eigenvalue weighted by Gasteiger charge is -2.11. The molecule has 0 unspecified atom stereocenters. The van der Waals surface area contributed by atoms with Crippen molar-refractivity contribution in [1.29, 1.82) is 0 Å². The van der Waals surface area contributed by atoms with Gasteiger partial charge in [0.2, 0.25) is 0 Å². The van der Waals surface area contributed by atoms with Crippen molar-refractivity contribution >= 4 is 22.1 Å². The maximum Gasteiger partial charge on any atom is 0.328 e. The Morgan fingerprint density at radius 3 is 2.40 bits per heavy atom. The van der Waals surface area contributed by atoms with Gasteiger partial charge in [0.1, 0.15) is 11.4 Å². The molecule has 35 heavy (non-hydrogen) atoms. The molecule has 6 aromatic rings. The number of ether oxygens (including phenoxy) is 1. The van der Waals surface area contributed by atoms with Gasteiger partial charge in [0.05, 0.1) is 41.7 Å². The van der Waals surface area contributed by atoms with Crippen molar-refractivity contribution in [3.8, 4) is 34.1 Å². The average molecular weight is 465 g/mol. The zero-order valence-corrected chi connectivity index (χ0v) is 19.9. The number of para-hydroxylation sites is 1. The van der Waals surface area contributed by atoms with Gasteiger partial charge < -0.3 is 9.30 Å². The average Bonchev–Trinajstić information content (AvgIpc) is 3.54. The lowest BCUT2D eigenvalue weighted by atomic mass is 10.0. The van der Waals surface area contributed by atoms with E-state index in [1.165, 1.54) is 0 Å². The predicted octanol–water partition coefficient (Wildman–Crippen LogP) is 4.29. The van der Waals surface area contributed by atoms with Gasteiger partial charge in [-0.05, 0) is 42.0 Å². The van der Waals surface area contributed by atoms with Crippen molar-refractivity contribution in [1.82, 2.24) is 28.2 Å². The monoisotopic (exact) mass is 464 g/mol. The number of nitrogens with zero attached hydrogens (tertiary/aromatic N) is 6. The second-order valence-corrected chi connectivity index (χ2v) is 8.64. The van der Waals surface area contributed by atoms with Gasteiger partial charge in [0.15, 0.2) is 5.82 Å². The Morgan fingerprint density at radius 1 is 0.857 bits per heavy atom. The van der Waals surface area contributed by atoms with Crippen molar-refractivity contribution < 1.29 is 4.74 Å². The summed E-state index contributed by atoms with van der Waals surface area (Å²) >= 11 is 0. The zero-order valence-electron chi connectivity index (χ0n) is 19.9. The lowest BCUT2D eigenvalue weighted by molar-refractivity contribution is 0.416. The Balaban J connectivity index is 1.63. The molecule has 3 heterocycles. The molecule has 0 N–H and O–H groups in total. The van der Waals surface area contributed by atoms with Gasteiger partial charge in [0, 0.05) is 32.4 Å². The number of fused-ring (bicyclic) bond motifs is 2.